The fourth-order valence-electron chi connectivity index (χ4n) is 1.67. The van der Waals surface area contributed by atoms with Crippen LogP contribution in [0.25, 0.3) is 22.7 Å². The van der Waals surface area contributed by atoms with Gasteiger partial charge >= 0.3 is 12.3 Å². The minimum atomic E-state index is -5.82. The smallest absolute Gasteiger partial charge is 0.424 e. The lowest BCUT2D eigenvalue weighted by atomic mass is 10.3. The van der Waals surface area contributed by atoms with Crippen LogP contribution in [-0.4, -0.2) is 37.2 Å². The Morgan fingerprint density at radius 2 is 1.78 bits per heavy atom. The van der Waals surface area contributed by atoms with Crippen molar-refractivity contribution in [3.05, 3.63) is 30.9 Å². The van der Waals surface area contributed by atoms with Crippen LogP contribution in [0.4, 0.5) is 22.0 Å². The van der Waals surface area contributed by atoms with E-state index in [-0.39, 0.29) is 11.5 Å². The number of halogens is 5. The standard InChI is InChI=1S/C12H6F5N5O/c13-11(14,15)12(16,17)23-6-1-2-7(19-3-6)10-21-8-4-18-5-20-9(8)22-10/h1-5H,(H,18,20,21,22). The van der Waals surface area contributed by atoms with E-state index < -0.39 is 18.0 Å². The molecule has 3 rings (SSSR count). The van der Waals surface area contributed by atoms with Crippen molar-refractivity contribution in [2.45, 2.75) is 12.3 Å². The van der Waals surface area contributed by atoms with Crippen molar-refractivity contribution in [1.29, 1.82) is 0 Å². The molecule has 0 saturated heterocycles. The van der Waals surface area contributed by atoms with E-state index in [4.69, 9.17) is 0 Å². The molecule has 0 unspecified atom stereocenters. The number of hydrogen-bond donors (Lipinski definition) is 1. The maximum absolute atomic E-state index is 12.8. The van der Waals surface area contributed by atoms with Crippen molar-refractivity contribution in [2.75, 3.05) is 0 Å². The summed E-state index contributed by atoms with van der Waals surface area (Å²) in [7, 11) is 0. The zero-order valence-electron chi connectivity index (χ0n) is 11.0. The van der Waals surface area contributed by atoms with Gasteiger partial charge in [-0.1, -0.05) is 0 Å². The first-order valence-corrected chi connectivity index (χ1v) is 6.02. The highest BCUT2D eigenvalue weighted by Crippen LogP contribution is 2.37. The molecule has 0 aliphatic heterocycles. The van der Waals surface area contributed by atoms with Crippen molar-refractivity contribution < 1.29 is 26.7 Å². The monoisotopic (exact) mass is 331 g/mol. The average molecular weight is 331 g/mol. The molecule has 0 aliphatic carbocycles. The van der Waals surface area contributed by atoms with E-state index >= 15 is 0 Å². The Balaban J connectivity index is 1.85. The zero-order chi connectivity index (χ0) is 16.7. The van der Waals surface area contributed by atoms with Gasteiger partial charge in [0, 0.05) is 0 Å². The van der Waals surface area contributed by atoms with Gasteiger partial charge in [0.1, 0.15) is 23.3 Å². The number of nitrogens with one attached hydrogen (secondary N) is 1. The number of aromatic nitrogens is 5. The van der Waals surface area contributed by atoms with Crippen LogP contribution in [0.3, 0.4) is 0 Å². The Bertz CT molecular complexity index is 797. The molecule has 0 saturated carbocycles. The minimum Gasteiger partial charge on any atom is -0.424 e. The number of pyridine rings is 1. The molecular weight excluding hydrogens is 325 g/mol. The lowest BCUT2D eigenvalue weighted by molar-refractivity contribution is -0.360. The number of ether oxygens (including phenoxy) is 1. The van der Waals surface area contributed by atoms with E-state index in [2.05, 4.69) is 29.7 Å². The lowest BCUT2D eigenvalue weighted by Gasteiger charge is -2.19. The van der Waals surface area contributed by atoms with Gasteiger partial charge in [0.25, 0.3) is 0 Å². The normalized spacial score (nSPS) is 12.6. The summed E-state index contributed by atoms with van der Waals surface area (Å²) in [6, 6.07) is 2.12. The maximum atomic E-state index is 12.8. The van der Waals surface area contributed by atoms with Gasteiger partial charge in [-0.2, -0.15) is 22.0 Å². The second-order valence-electron chi connectivity index (χ2n) is 4.34. The number of rotatable bonds is 3. The number of imidazole rings is 1. The van der Waals surface area contributed by atoms with Gasteiger partial charge < -0.3 is 9.72 Å². The van der Waals surface area contributed by atoms with Crippen molar-refractivity contribution >= 4 is 11.2 Å². The highest BCUT2D eigenvalue weighted by atomic mass is 19.4. The van der Waals surface area contributed by atoms with Crippen molar-refractivity contribution in [1.82, 2.24) is 24.9 Å². The molecule has 23 heavy (non-hydrogen) atoms. The predicted molar refractivity (Wildman–Crippen MR) is 66.5 cm³/mol. The molecule has 0 bridgehead atoms. The molecule has 0 fully saturated rings. The van der Waals surface area contributed by atoms with Gasteiger partial charge in [-0.3, -0.25) is 0 Å². The van der Waals surface area contributed by atoms with Crippen LogP contribution in [0.15, 0.2) is 30.9 Å². The third-order valence-corrected chi connectivity index (χ3v) is 2.72. The van der Waals surface area contributed by atoms with Crippen LogP contribution in [0.2, 0.25) is 0 Å². The maximum Gasteiger partial charge on any atom is 0.499 e. The van der Waals surface area contributed by atoms with Crippen LogP contribution in [0, 0.1) is 0 Å². The highest BCUT2D eigenvalue weighted by Gasteiger charge is 2.61. The number of nitrogens with zero attached hydrogens (tertiary/aromatic N) is 4. The number of H-pyrrole nitrogens is 1. The van der Waals surface area contributed by atoms with Gasteiger partial charge in [0.05, 0.1) is 12.4 Å². The molecule has 0 atom stereocenters. The second-order valence-corrected chi connectivity index (χ2v) is 4.34. The highest BCUT2D eigenvalue weighted by molar-refractivity contribution is 5.73. The summed E-state index contributed by atoms with van der Waals surface area (Å²) < 4.78 is 65.4. The van der Waals surface area contributed by atoms with Crippen LogP contribution in [-0.2, 0) is 0 Å². The van der Waals surface area contributed by atoms with E-state index in [0.717, 1.165) is 12.3 Å². The quantitative estimate of drug-likeness (QED) is 0.747. The number of hydrogen-bond acceptors (Lipinski definition) is 5. The average Bonchev–Trinajstić information content (AvgIpc) is 2.90. The van der Waals surface area contributed by atoms with Crippen molar-refractivity contribution in [3.63, 3.8) is 0 Å². The largest absolute Gasteiger partial charge is 0.499 e. The summed E-state index contributed by atoms with van der Waals surface area (Å²) in [5, 5.41) is 0. The molecule has 0 amide bonds. The van der Waals surface area contributed by atoms with Crippen LogP contribution in [0.1, 0.15) is 0 Å². The fraction of sp³-hybridized carbons (Fsp3) is 0.167. The molecule has 3 aromatic heterocycles. The van der Waals surface area contributed by atoms with Crippen LogP contribution in [0.5, 0.6) is 5.75 Å². The second kappa shape index (κ2) is 5.11. The summed E-state index contributed by atoms with van der Waals surface area (Å²) in [4.78, 5) is 18.3. The topological polar surface area (TPSA) is 76.6 Å². The minimum absolute atomic E-state index is 0.214. The summed E-state index contributed by atoms with van der Waals surface area (Å²) in [5.74, 6) is -0.471. The molecule has 120 valence electrons. The number of alkyl halides is 5. The molecule has 0 radical (unpaired) electrons. The Kier molecular flexibility index (Phi) is 3.34. The van der Waals surface area contributed by atoms with Crippen molar-refractivity contribution in [3.8, 4) is 17.3 Å². The molecular formula is C12H6F5N5O. The molecule has 1 N–H and O–H groups in total. The van der Waals surface area contributed by atoms with Crippen LogP contribution >= 0.6 is 0 Å². The Hall–Kier alpha value is -2.85. The van der Waals surface area contributed by atoms with E-state index in [1.165, 1.54) is 18.6 Å². The van der Waals surface area contributed by atoms with Gasteiger partial charge in [-0.25, -0.2) is 19.9 Å². The molecule has 0 aromatic carbocycles. The van der Waals surface area contributed by atoms with Crippen molar-refractivity contribution in [2.24, 2.45) is 0 Å². The summed E-state index contributed by atoms with van der Waals surface area (Å²) in [5.41, 5.74) is 1.10. The third-order valence-electron chi connectivity index (χ3n) is 2.72. The summed E-state index contributed by atoms with van der Waals surface area (Å²) >= 11 is 0. The first-order chi connectivity index (χ1) is 10.8. The summed E-state index contributed by atoms with van der Waals surface area (Å²) in [6.45, 7) is 0. The molecule has 0 aliphatic rings. The van der Waals surface area contributed by atoms with E-state index in [1.807, 2.05) is 0 Å². The van der Waals surface area contributed by atoms with E-state index in [0.29, 0.717) is 11.2 Å². The Labute approximate surface area is 124 Å². The first kappa shape index (κ1) is 15.1. The lowest BCUT2D eigenvalue weighted by Crippen LogP contribution is -2.41. The van der Waals surface area contributed by atoms with Crippen LogP contribution < -0.4 is 4.74 Å². The zero-order valence-corrected chi connectivity index (χ0v) is 11.0. The number of aromatic amines is 1. The van der Waals surface area contributed by atoms with Gasteiger partial charge in [-0.15, -0.1) is 0 Å². The Morgan fingerprint density at radius 3 is 2.39 bits per heavy atom. The van der Waals surface area contributed by atoms with Gasteiger partial charge in [0.15, 0.2) is 11.5 Å². The van der Waals surface area contributed by atoms with E-state index in [1.54, 1.807) is 0 Å². The van der Waals surface area contributed by atoms with Gasteiger partial charge in [0.2, 0.25) is 0 Å². The first-order valence-electron chi connectivity index (χ1n) is 6.02. The molecule has 11 heteroatoms. The molecule has 3 aromatic rings. The third kappa shape index (κ3) is 2.89. The number of fused-ring (bicyclic) bond motifs is 1. The summed E-state index contributed by atoms with van der Waals surface area (Å²) in [6.07, 6.45) is -7.61. The molecule has 6 nitrogen and oxygen atoms in total. The fourth-order valence-corrected chi connectivity index (χ4v) is 1.67. The predicted octanol–water partition coefficient (Wildman–Crippen LogP) is 2.95. The molecule has 3 heterocycles. The van der Waals surface area contributed by atoms with E-state index in [9.17, 15) is 22.0 Å². The Morgan fingerprint density at radius 1 is 1.00 bits per heavy atom. The van der Waals surface area contributed by atoms with Gasteiger partial charge in [-0.05, 0) is 12.1 Å². The molecule has 0 spiro atoms. The SMILES string of the molecule is FC(F)(F)C(F)(F)Oc1ccc(-c2nc3ncncc3[nH]2)nc1.